The lowest BCUT2D eigenvalue weighted by Gasteiger charge is -2.23. The van der Waals surface area contributed by atoms with Crippen LogP contribution in [0.3, 0.4) is 0 Å². The first-order valence-corrected chi connectivity index (χ1v) is 9.25. The number of hydrogen-bond donors (Lipinski definition) is 0. The molecule has 0 aliphatic carbocycles. The summed E-state index contributed by atoms with van der Waals surface area (Å²) in [5.74, 6) is 2.35. The molecular weight excluding hydrogens is 282 g/mol. The Morgan fingerprint density at radius 3 is 2.26 bits per heavy atom. The van der Waals surface area contributed by atoms with Crippen molar-refractivity contribution < 1.29 is 4.74 Å². The molecule has 0 aliphatic heterocycles. The summed E-state index contributed by atoms with van der Waals surface area (Å²) < 4.78 is 6.21. The molecule has 0 aromatic heterocycles. The molecule has 0 amide bonds. The summed E-state index contributed by atoms with van der Waals surface area (Å²) in [6.45, 7) is 9.08. The number of hydrogen-bond acceptors (Lipinski definition) is 2. The van der Waals surface area contributed by atoms with Gasteiger partial charge in [0, 0.05) is 0 Å². The van der Waals surface area contributed by atoms with Gasteiger partial charge in [-0.05, 0) is 55.4 Å². The van der Waals surface area contributed by atoms with Crippen LogP contribution in [0.25, 0.3) is 0 Å². The first-order chi connectivity index (χ1) is 11.1. The topological polar surface area (TPSA) is 33.0 Å². The van der Waals surface area contributed by atoms with E-state index in [1.807, 2.05) is 24.3 Å². The van der Waals surface area contributed by atoms with Crippen LogP contribution in [0.1, 0.15) is 78.2 Å². The monoisotopic (exact) mass is 315 g/mol. The Morgan fingerprint density at radius 1 is 1.04 bits per heavy atom. The summed E-state index contributed by atoms with van der Waals surface area (Å²) in [6, 6.07) is 9.65. The Hall–Kier alpha value is -1.49. The Balaban J connectivity index is 2.58. The van der Waals surface area contributed by atoms with Crippen LogP contribution in [-0.4, -0.2) is 6.10 Å². The fourth-order valence-electron chi connectivity index (χ4n) is 3.02. The van der Waals surface area contributed by atoms with Gasteiger partial charge in [-0.1, -0.05) is 53.4 Å². The molecule has 23 heavy (non-hydrogen) atoms. The molecule has 0 radical (unpaired) electrons. The van der Waals surface area contributed by atoms with Crippen molar-refractivity contribution in [3.8, 4) is 11.8 Å². The van der Waals surface area contributed by atoms with Gasteiger partial charge in [0.05, 0.1) is 17.7 Å². The molecule has 0 bridgehead atoms. The van der Waals surface area contributed by atoms with E-state index in [0.29, 0.717) is 11.5 Å². The third-order valence-corrected chi connectivity index (χ3v) is 4.46. The maximum atomic E-state index is 8.88. The number of benzene rings is 1. The molecular formula is C21H33NO. The van der Waals surface area contributed by atoms with E-state index in [1.54, 1.807) is 0 Å². The summed E-state index contributed by atoms with van der Waals surface area (Å²) in [4.78, 5) is 0. The molecule has 2 unspecified atom stereocenters. The fourth-order valence-corrected chi connectivity index (χ4v) is 3.02. The highest BCUT2D eigenvalue weighted by Crippen LogP contribution is 2.24. The molecule has 1 aromatic carbocycles. The summed E-state index contributed by atoms with van der Waals surface area (Å²) in [5.41, 5.74) is 0.684. The van der Waals surface area contributed by atoms with E-state index >= 15 is 0 Å². The molecule has 0 heterocycles. The summed E-state index contributed by atoms with van der Waals surface area (Å²) in [6.07, 6.45) is 8.98. The van der Waals surface area contributed by atoms with Crippen molar-refractivity contribution in [1.82, 2.24) is 0 Å². The summed E-state index contributed by atoms with van der Waals surface area (Å²) >= 11 is 0. The molecule has 0 N–H and O–H groups in total. The van der Waals surface area contributed by atoms with Crippen molar-refractivity contribution in [2.45, 2.75) is 78.7 Å². The van der Waals surface area contributed by atoms with Crippen molar-refractivity contribution in [2.24, 2.45) is 11.8 Å². The smallest absolute Gasteiger partial charge is 0.119 e. The second-order valence-electron chi connectivity index (χ2n) is 7.00. The van der Waals surface area contributed by atoms with Gasteiger partial charge in [-0.2, -0.15) is 5.26 Å². The van der Waals surface area contributed by atoms with Gasteiger partial charge in [0.2, 0.25) is 0 Å². The third-order valence-electron chi connectivity index (χ3n) is 4.46. The number of nitriles is 1. The van der Waals surface area contributed by atoms with Crippen LogP contribution in [-0.2, 0) is 0 Å². The van der Waals surface area contributed by atoms with Crippen LogP contribution in [0, 0.1) is 23.2 Å². The molecule has 0 saturated heterocycles. The van der Waals surface area contributed by atoms with Crippen LogP contribution in [0.2, 0.25) is 0 Å². The SMILES string of the molecule is CCCCC(CC)CCC(CC(C)C)Oc1ccc(C#N)cc1. The molecule has 1 rings (SSSR count). The van der Waals surface area contributed by atoms with Crippen molar-refractivity contribution in [3.63, 3.8) is 0 Å². The highest BCUT2D eigenvalue weighted by atomic mass is 16.5. The van der Waals surface area contributed by atoms with Crippen molar-refractivity contribution in [2.75, 3.05) is 0 Å². The van der Waals surface area contributed by atoms with Crippen LogP contribution in [0.4, 0.5) is 0 Å². The largest absolute Gasteiger partial charge is 0.490 e. The van der Waals surface area contributed by atoms with Gasteiger partial charge in [-0.3, -0.25) is 0 Å². The molecule has 2 heteroatoms. The van der Waals surface area contributed by atoms with Gasteiger partial charge >= 0.3 is 0 Å². The minimum absolute atomic E-state index is 0.276. The maximum absolute atomic E-state index is 8.88. The minimum Gasteiger partial charge on any atom is -0.490 e. The maximum Gasteiger partial charge on any atom is 0.119 e. The van der Waals surface area contributed by atoms with E-state index < -0.39 is 0 Å². The van der Waals surface area contributed by atoms with Gasteiger partial charge in [0.1, 0.15) is 5.75 Å². The summed E-state index contributed by atoms with van der Waals surface area (Å²) in [5, 5.41) is 8.88. The zero-order valence-corrected chi connectivity index (χ0v) is 15.3. The Labute approximate surface area is 142 Å². The Bertz CT molecular complexity index is 458. The molecule has 0 aliphatic rings. The van der Waals surface area contributed by atoms with E-state index in [1.165, 1.54) is 32.1 Å². The minimum atomic E-state index is 0.276. The van der Waals surface area contributed by atoms with E-state index in [9.17, 15) is 0 Å². The second kappa shape index (κ2) is 11.1. The van der Waals surface area contributed by atoms with Crippen LogP contribution < -0.4 is 4.74 Å². The predicted octanol–water partition coefficient (Wildman–Crippen LogP) is 6.35. The lowest BCUT2D eigenvalue weighted by atomic mass is 9.91. The standard InChI is InChI=1S/C21H33NO/c1-5-7-8-18(6-2)9-14-21(15-17(3)4)23-20-12-10-19(16-22)11-13-20/h10-13,17-18,21H,5-9,14-15H2,1-4H3. The van der Waals surface area contributed by atoms with Crippen molar-refractivity contribution >= 4 is 0 Å². The first kappa shape index (κ1) is 19.6. The van der Waals surface area contributed by atoms with Gasteiger partial charge in [-0.25, -0.2) is 0 Å². The molecule has 2 nitrogen and oxygen atoms in total. The van der Waals surface area contributed by atoms with Gasteiger partial charge < -0.3 is 4.74 Å². The number of rotatable bonds is 11. The fraction of sp³-hybridized carbons (Fsp3) is 0.667. The van der Waals surface area contributed by atoms with Crippen molar-refractivity contribution in [1.29, 1.82) is 5.26 Å². The highest BCUT2D eigenvalue weighted by molar-refractivity contribution is 5.34. The molecule has 0 fully saturated rings. The van der Waals surface area contributed by atoms with E-state index in [-0.39, 0.29) is 6.10 Å². The van der Waals surface area contributed by atoms with Crippen molar-refractivity contribution in [3.05, 3.63) is 29.8 Å². The van der Waals surface area contributed by atoms with Gasteiger partial charge in [0.15, 0.2) is 0 Å². The number of nitrogens with zero attached hydrogens (tertiary/aromatic N) is 1. The quantitative estimate of drug-likeness (QED) is 0.476. The first-order valence-electron chi connectivity index (χ1n) is 9.25. The number of ether oxygens (including phenoxy) is 1. The lowest BCUT2D eigenvalue weighted by Crippen LogP contribution is -2.20. The highest BCUT2D eigenvalue weighted by Gasteiger charge is 2.16. The second-order valence-corrected chi connectivity index (χ2v) is 7.00. The molecule has 128 valence electrons. The number of unbranched alkanes of at least 4 members (excludes halogenated alkanes) is 1. The predicted molar refractivity (Wildman–Crippen MR) is 97.6 cm³/mol. The third kappa shape index (κ3) is 8.07. The lowest BCUT2D eigenvalue weighted by molar-refractivity contribution is 0.153. The van der Waals surface area contributed by atoms with Crippen LogP contribution >= 0.6 is 0 Å². The normalized spacial score (nSPS) is 13.6. The average Bonchev–Trinajstić information content (AvgIpc) is 2.55. The van der Waals surface area contributed by atoms with E-state index in [2.05, 4.69) is 33.8 Å². The summed E-state index contributed by atoms with van der Waals surface area (Å²) in [7, 11) is 0. The van der Waals surface area contributed by atoms with Gasteiger partial charge in [0.25, 0.3) is 0 Å². The molecule has 0 spiro atoms. The zero-order valence-electron chi connectivity index (χ0n) is 15.3. The van der Waals surface area contributed by atoms with E-state index in [0.717, 1.165) is 24.5 Å². The molecule has 0 saturated carbocycles. The Morgan fingerprint density at radius 2 is 1.74 bits per heavy atom. The van der Waals surface area contributed by atoms with Gasteiger partial charge in [-0.15, -0.1) is 0 Å². The molecule has 2 atom stereocenters. The van der Waals surface area contributed by atoms with Crippen LogP contribution in [0.15, 0.2) is 24.3 Å². The van der Waals surface area contributed by atoms with Crippen LogP contribution in [0.5, 0.6) is 5.75 Å². The Kier molecular flexibility index (Phi) is 9.45. The average molecular weight is 316 g/mol. The van der Waals surface area contributed by atoms with E-state index in [4.69, 9.17) is 10.00 Å². The molecule has 1 aromatic rings. The zero-order chi connectivity index (χ0) is 17.1.